The number of benzene rings is 1. The lowest BCUT2D eigenvalue weighted by Crippen LogP contribution is -2.45. The molecule has 4 nitrogen and oxygen atoms in total. The Morgan fingerprint density at radius 3 is 2.55 bits per heavy atom. The third-order valence-electron chi connectivity index (χ3n) is 3.21. The Kier molecular flexibility index (Phi) is 6.02. The molecule has 5 heteroatoms. The van der Waals surface area contributed by atoms with Gasteiger partial charge >= 0.3 is 11.9 Å². The van der Waals surface area contributed by atoms with Gasteiger partial charge in [-0.1, -0.05) is 43.5 Å². The maximum Gasteiger partial charge on any atom is 0.328 e. The number of unbranched alkanes of at least 4 members (excludes halogenated alkanes) is 1. The number of carboxylic acid groups (broad SMARTS) is 1. The van der Waals surface area contributed by atoms with Crippen LogP contribution in [0.25, 0.3) is 0 Å². The molecule has 0 fully saturated rings. The second kappa shape index (κ2) is 7.29. The van der Waals surface area contributed by atoms with Gasteiger partial charge in [0.15, 0.2) is 5.41 Å². The number of aliphatic carboxylic acids is 1. The lowest BCUT2D eigenvalue weighted by atomic mass is 9.76. The van der Waals surface area contributed by atoms with E-state index < -0.39 is 17.4 Å². The molecule has 0 saturated carbocycles. The molecular formula is C15H19ClO4. The Morgan fingerprint density at radius 1 is 1.35 bits per heavy atom. The van der Waals surface area contributed by atoms with Gasteiger partial charge in [-0.3, -0.25) is 9.59 Å². The first kappa shape index (κ1) is 16.5. The number of halogens is 1. The smallest absolute Gasteiger partial charge is 0.328 e. The molecule has 1 rings (SSSR count). The predicted octanol–water partition coefficient (Wildman–Crippen LogP) is 3.42. The molecular weight excluding hydrogens is 280 g/mol. The Morgan fingerprint density at radius 2 is 2.05 bits per heavy atom. The quantitative estimate of drug-likeness (QED) is 0.619. The predicted molar refractivity (Wildman–Crippen MR) is 76.9 cm³/mol. The third kappa shape index (κ3) is 3.31. The molecule has 0 aliphatic heterocycles. The van der Waals surface area contributed by atoms with Gasteiger partial charge in [-0.2, -0.15) is 0 Å². The summed E-state index contributed by atoms with van der Waals surface area (Å²) in [5.74, 6) is -1.94. The number of carbonyl (C=O) groups excluding carboxylic acids is 1. The van der Waals surface area contributed by atoms with Crippen molar-refractivity contribution in [2.24, 2.45) is 0 Å². The van der Waals surface area contributed by atoms with E-state index in [0.29, 0.717) is 17.0 Å². The number of rotatable bonds is 7. The first-order valence-electron chi connectivity index (χ1n) is 6.65. The molecule has 0 aliphatic rings. The highest BCUT2D eigenvalue weighted by atomic mass is 35.5. The highest BCUT2D eigenvalue weighted by Gasteiger charge is 2.48. The third-order valence-corrected chi connectivity index (χ3v) is 3.45. The van der Waals surface area contributed by atoms with Crippen LogP contribution >= 0.6 is 11.6 Å². The number of esters is 1. The minimum atomic E-state index is -1.68. The van der Waals surface area contributed by atoms with Gasteiger partial charge < -0.3 is 9.84 Å². The second-order valence-corrected chi connectivity index (χ2v) is 4.98. The van der Waals surface area contributed by atoms with E-state index in [2.05, 4.69) is 0 Å². The summed E-state index contributed by atoms with van der Waals surface area (Å²) in [6, 6.07) is 6.40. The maximum absolute atomic E-state index is 12.3. The number of carbonyl (C=O) groups is 2. The summed E-state index contributed by atoms with van der Waals surface area (Å²) in [6.07, 6.45) is 1.59. The highest BCUT2D eigenvalue weighted by Crippen LogP contribution is 2.33. The molecule has 0 spiro atoms. The van der Waals surface area contributed by atoms with Crippen LogP contribution in [0.3, 0.4) is 0 Å². The average Bonchev–Trinajstić information content (AvgIpc) is 2.39. The van der Waals surface area contributed by atoms with Gasteiger partial charge in [0.2, 0.25) is 0 Å². The zero-order valence-electron chi connectivity index (χ0n) is 11.7. The van der Waals surface area contributed by atoms with E-state index in [1.807, 2.05) is 6.92 Å². The summed E-state index contributed by atoms with van der Waals surface area (Å²) in [4.78, 5) is 24.1. The largest absolute Gasteiger partial charge is 0.480 e. The summed E-state index contributed by atoms with van der Waals surface area (Å²) in [7, 11) is 0. The summed E-state index contributed by atoms with van der Waals surface area (Å²) < 4.78 is 5.00. The fourth-order valence-corrected chi connectivity index (χ4v) is 2.32. The minimum Gasteiger partial charge on any atom is -0.480 e. The van der Waals surface area contributed by atoms with Crippen LogP contribution in [0.4, 0.5) is 0 Å². The van der Waals surface area contributed by atoms with Crippen molar-refractivity contribution in [3.8, 4) is 0 Å². The van der Waals surface area contributed by atoms with E-state index in [1.54, 1.807) is 25.1 Å². The Labute approximate surface area is 123 Å². The van der Waals surface area contributed by atoms with Gasteiger partial charge in [-0.25, -0.2) is 0 Å². The summed E-state index contributed by atoms with van der Waals surface area (Å²) in [5, 5.41) is 10.0. The topological polar surface area (TPSA) is 63.6 Å². The molecule has 0 bridgehead atoms. The molecule has 20 heavy (non-hydrogen) atoms. The molecule has 0 amide bonds. The van der Waals surface area contributed by atoms with E-state index >= 15 is 0 Å². The number of ether oxygens (including phenoxy) is 1. The summed E-state index contributed by atoms with van der Waals surface area (Å²) >= 11 is 5.93. The van der Waals surface area contributed by atoms with Crippen molar-refractivity contribution >= 4 is 23.5 Å². The van der Waals surface area contributed by atoms with Gasteiger partial charge in [-0.15, -0.1) is 0 Å². The van der Waals surface area contributed by atoms with Gasteiger partial charge in [0, 0.05) is 5.02 Å². The van der Waals surface area contributed by atoms with Crippen LogP contribution in [0, 0.1) is 0 Å². The summed E-state index contributed by atoms with van der Waals surface area (Å²) in [6.45, 7) is 3.73. The van der Waals surface area contributed by atoms with Crippen molar-refractivity contribution in [3.05, 3.63) is 34.9 Å². The maximum atomic E-state index is 12.3. The highest BCUT2D eigenvalue weighted by molar-refractivity contribution is 6.30. The standard InChI is InChI=1S/C15H19ClO4/c1-3-5-9-15(13(17)18,14(19)20-4-2)11-7-6-8-12(16)10-11/h6-8,10H,3-5,9H2,1-2H3,(H,17,18). The van der Waals surface area contributed by atoms with Crippen LogP contribution in [0.2, 0.25) is 5.02 Å². The SMILES string of the molecule is CCCCC(C(=O)O)(C(=O)OCC)c1cccc(Cl)c1. The van der Waals surface area contributed by atoms with E-state index in [-0.39, 0.29) is 13.0 Å². The lowest BCUT2D eigenvalue weighted by Gasteiger charge is -2.27. The Balaban J connectivity index is 3.36. The minimum absolute atomic E-state index is 0.139. The van der Waals surface area contributed by atoms with Crippen molar-refractivity contribution in [1.29, 1.82) is 0 Å². The van der Waals surface area contributed by atoms with Crippen LogP contribution in [0.15, 0.2) is 24.3 Å². The van der Waals surface area contributed by atoms with Crippen molar-refractivity contribution in [1.82, 2.24) is 0 Å². The summed E-state index contributed by atoms with van der Waals surface area (Å²) in [5.41, 5.74) is -1.32. The van der Waals surface area contributed by atoms with E-state index in [0.717, 1.165) is 6.42 Å². The number of hydrogen-bond acceptors (Lipinski definition) is 3. The molecule has 110 valence electrons. The molecule has 0 aliphatic carbocycles. The van der Waals surface area contributed by atoms with Crippen molar-refractivity contribution in [2.45, 2.75) is 38.5 Å². The van der Waals surface area contributed by atoms with Crippen molar-refractivity contribution in [2.75, 3.05) is 6.61 Å². The van der Waals surface area contributed by atoms with E-state index in [1.165, 1.54) is 6.07 Å². The van der Waals surface area contributed by atoms with E-state index in [4.69, 9.17) is 16.3 Å². The Bertz CT molecular complexity index is 487. The molecule has 0 saturated heterocycles. The fourth-order valence-electron chi connectivity index (χ4n) is 2.13. The van der Waals surface area contributed by atoms with Gasteiger partial charge in [-0.05, 0) is 31.0 Å². The Hall–Kier alpha value is -1.55. The second-order valence-electron chi connectivity index (χ2n) is 4.54. The molecule has 0 aromatic heterocycles. The molecule has 1 aromatic carbocycles. The van der Waals surface area contributed by atoms with Crippen LogP contribution in [-0.2, 0) is 19.7 Å². The van der Waals surface area contributed by atoms with Crippen LogP contribution in [0.5, 0.6) is 0 Å². The molecule has 1 atom stereocenters. The number of hydrogen-bond donors (Lipinski definition) is 1. The molecule has 1 unspecified atom stereocenters. The van der Waals surface area contributed by atoms with Crippen molar-refractivity contribution in [3.63, 3.8) is 0 Å². The lowest BCUT2D eigenvalue weighted by molar-refractivity contribution is -0.162. The molecule has 1 aromatic rings. The average molecular weight is 299 g/mol. The first-order valence-corrected chi connectivity index (χ1v) is 7.03. The van der Waals surface area contributed by atoms with Crippen LogP contribution < -0.4 is 0 Å². The van der Waals surface area contributed by atoms with Crippen LogP contribution in [-0.4, -0.2) is 23.7 Å². The zero-order valence-corrected chi connectivity index (χ0v) is 12.4. The van der Waals surface area contributed by atoms with Gasteiger partial charge in [0.1, 0.15) is 0 Å². The first-order chi connectivity index (χ1) is 9.48. The normalized spacial score (nSPS) is 13.6. The fraction of sp³-hybridized carbons (Fsp3) is 0.467. The molecule has 0 radical (unpaired) electrons. The zero-order chi connectivity index (χ0) is 15.2. The van der Waals surface area contributed by atoms with E-state index in [9.17, 15) is 14.7 Å². The van der Waals surface area contributed by atoms with Crippen LogP contribution in [0.1, 0.15) is 38.7 Å². The molecule has 1 N–H and O–H groups in total. The van der Waals surface area contributed by atoms with Gasteiger partial charge in [0.05, 0.1) is 6.61 Å². The van der Waals surface area contributed by atoms with Gasteiger partial charge in [0.25, 0.3) is 0 Å². The molecule has 0 heterocycles. The van der Waals surface area contributed by atoms with Crippen molar-refractivity contribution < 1.29 is 19.4 Å². The number of carboxylic acids is 1. The monoisotopic (exact) mass is 298 g/mol.